The van der Waals surface area contributed by atoms with E-state index in [9.17, 15) is 14.4 Å². The van der Waals surface area contributed by atoms with Crippen molar-refractivity contribution in [1.29, 1.82) is 0 Å². The van der Waals surface area contributed by atoms with Gasteiger partial charge in [-0.05, 0) is 19.1 Å². The van der Waals surface area contributed by atoms with Gasteiger partial charge >= 0.3 is 5.97 Å². The Morgan fingerprint density at radius 1 is 1.15 bits per heavy atom. The zero-order valence-corrected chi connectivity index (χ0v) is 13.9. The van der Waals surface area contributed by atoms with E-state index in [0.29, 0.717) is 33.9 Å². The summed E-state index contributed by atoms with van der Waals surface area (Å²) in [5.41, 5.74) is 1.82. The molecule has 4 rings (SSSR count). The highest BCUT2D eigenvalue weighted by atomic mass is 16.7. The number of cyclic esters (lactones) is 1. The fraction of sp³-hybridized carbons (Fsp3) is 0.211. The number of Topliss-reactive ketones (excluding diaryl/α,β-unsaturated/α-hetero) is 1. The van der Waals surface area contributed by atoms with Crippen LogP contribution in [0.4, 0.5) is 5.69 Å². The first-order valence-electron chi connectivity index (χ1n) is 8.07. The molecule has 0 saturated carbocycles. The summed E-state index contributed by atoms with van der Waals surface area (Å²) in [6.45, 7) is 1.47. The maximum atomic E-state index is 12.5. The van der Waals surface area contributed by atoms with Gasteiger partial charge in [-0.25, -0.2) is 4.79 Å². The Bertz CT molecular complexity index is 936. The van der Waals surface area contributed by atoms with Gasteiger partial charge in [0.05, 0.1) is 17.7 Å². The standard InChI is InChI=1S/C19H15NO6/c1-10(21)13-6-16-17(25-9-24-16)7-14(13)20-18(22)8-15-11-4-2-3-5-12(11)19(23)26-15/h2-7,15H,8-9H2,1H3,(H,20,22)/t15-/m1/s1. The summed E-state index contributed by atoms with van der Waals surface area (Å²) in [6.07, 6.45) is -0.692. The highest BCUT2D eigenvalue weighted by molar-refractivity contribution is 6.05. The summed E-state index contributed by atoms with van der Waals surface area (Å²) in [7, 11) is 0. The lowest BCUT2D eigenvalue weighted by Gasteiger charge is -2.13. The van der Waals surface area contributed by atoms with E-state index in [1.54, 1.807) is 36.4 Å². The number of fused-ring (bicyclic) bond motifs is 2. The van der Waals surface area contributed by atoms with Crippen LogP contribution in [0.25, 0.3) is 0 Å². The van der Waals surface area contributed by atoms with E-state index in [-0.39, 0.29) is 24.9 Å². The van der Waals surface area contributed by atoms with E-state index in [2.05, 4.69) is 5.32 Å². The first-order chi connectivity index (χ1) is 12.5. The maximum Gasteiger partial charge on any atom is 0.339 e. The molecule has 7 heteroatoms. The number of hydrogen-bond donors (Lipinski definition) is 1. The second-order valence-electron chi connectivity index (χ2n) is 6.04. The van der Waals surface area contributed by atoms with Crippen LogP contribution in [0.2, 0.25) is 0 Å². The molecule has 0 radical (unpaired) electrons. The summed E-state index contributed by atoms with van der Waals surface area (Å²) in [4.78, 5) is 36.2. The quantitative estimate of drug-likeness (QED) is 0.671. The summed E-state index contributed by atoms with van der Waals surface area (Å²) >= 11 is 0. The lowest BCUT2D eigenvalue weighted by molar-refractivity contribution is -0.118. The van der Waals surface area contributed by atoms with Gasteiger partial charge in [0, 0.05) is 17.2 Å². The number of esters is 1. The van der Waals surface area contributed by atoms with Crippen molar-refractivity contribution in [2.24, 2.45) is 0 Å². The second kappa shape index (κ2) is 6.18. The van der Waals surface area contributed by atoms with E-state index >= 15 is 0 Å². The van der Waals surface area contributed by atoms with Crippen LogP contribution in [0.1, 0.15) is 45.7 Å². The number of ether oxygens (including phenoxy) is 3. The molecule has 1 amide bonds. The number of anilines is 1. The summed E-state index contributed by atoms with van der Waals surface area (Å²) < 4.78 is 15.8. The number of amides is 1. The van der Waals surface area contributed by atoms with Crippen molar-refractivity contribution in [3.8, 4) is 11.5 Å². The summed E-state index contributed by atoms with van der Waals surface area (Å²) in [5, 5.41) is 2.71. The fourth-order valence-corrected chi connectivity index (χ4v) is 3.08. The van der Waals surface area contributed by atoms with Crippen LogP contribution >= 0.6 is 0 Å². The van der Waals surface area contributed by atoms with Crippen molar-refractivity contribution >= 4 is 23.3 Å². The largest absolute Gasteiger partial charge is 0.454 e. The van der Waals surface area contributed by atoms with Crippen LogP contribution in [0, 0.1) is 0 Å². The van der Waals surface area contributed by atoms with Gasteiger partial charge in [0.15, 0.2) is 17.3 Å². The highest BCUT2D eigenvalue weighted by Crippen LogP contribution is 2.38. The fourth-order valence-electron chi connectivity index (χ4n) is 3.08. The van der Waals surface area contributed by atoms with Crippen molar-refractivity contribution in [2.45, 2.75) is 19.4 Å². The Morgan fingerprint density at radius 3 is 2.65 bits per heavy atom. The topological polar surface area (TPSA) is 90.9 Å². The zero-order valence-electron chi connectivity index (χ0n) is 13.9. The molecule has 0 spiro atoms. The molecule has 0 saturated heterocycles. The average Bonchev–Trinajstić information content (AvgIpc) is 3.19. The molecule has 132 valence electrons. The van der Waals surface area contributed by atoms with Gasteiger partial charge in [-0.15, -0.1) is 0 Å². The molecule has 0 aromatic heterocycles. The number of benzene rings is 2. The van der Waals surface area contributed by atoms with Crippen LogP contribution < -0.4 is 14.8 Å². The van der Waals surface area contributed by atoms with Gasteiger partial charge in [0.1, 0.15) is 6.10 Å². The molecule has 2 heterocycles. The lowest BCUT2D eigenvalue weighted by atomic mass is 10.0. The number of ketones is 1. The minimum atomic E-state index is -0.645. The van der Waals surface area contributed by atoms with Gasteiger partial charge in [-0.3, -0.25) is 9.59 Å². The molecule has 1 atom stereocenters. The molecule has 1 N–H and O–H groups in total. The number of rotatable bonds is 4. The van der Waals surface area contributed by atoms with Crippen molar-refractivity contribution in [2.75, 3.05) is 12.1 Å². The lowest BCUT2D eigenvalue weighted by Crippen LogP contribution is -2.17. The predicted molar refractivity (Wildman–Crippen MR) is 90.4 cm³/mol. The molecule has 0 unspecified atom stereocenters. The normalized spacial score (nSPS) is 16.8. The van der Waals surface area contributed by atoms with E-state index in [1.165, 1.54) is 6.92 Å². The molecule has 2 aromatic carbocycles. The van der Waals surface area contributed by atoms with Crippen molar-refractivity contribution < 1.29 is 28.6 Å². The molecular formula is C19H15NO6. The van der Waals surface area contributed by atoms with Gasteiger partial charge in [-0.2, -0.15) is 0 Å². The molecule has 0 fully saturated rings. The van der Waals surface area contributed by atoms with Crippen molar-refractivity contribution in [1.82, 2.24) is 0 Å². The summed E-state index contributed by atoms with van der Waals surface area (Å²) in [5.74, 6) is -0.0993. The average molecular weight is 353 g/mol. The van der Waals surface area contributed by atoms with Gasteiger partial charge in [0.2, 0.25) is 12.7 Å². The zero-order chi connectivity index (χ0) is 18.3. The van der Waals surface area contributed by atoms with Gasteiger partial charge in [0.25, 0.3) is 0 Å². The Kier molecular flexibility index (Phi) is 3.84. The third kappa shape index (κ3) is 2.77. The van der Waals surface area contributed by atoms with Crippen LogP contribution in [0.3, 0.4) is 0 Å². The molecule has 0 bridgehead atoms. The van der Waals surface area contributed by atoms with Crippen LogP contribution in [-0.2, 0) is 9.53 Å². The SMILES string of the molecule is CC(=O)c1cc2c(cc1NC(=O)C[C@H]1OC(=O)c3ccccc31)OCO2. The third-order valence-corrected chi connectivity index (χ3v) is 4.31. The van der Waals surface area contributed by atoms with E-state index in [1.807, 2.05) is 0 Å². The molecule has 2 aliphatic rings. The molecular weight excluding hydrogens is 338 g/mol. The Balaban J connectivity index is 1.55. The van der Waals surface area contributed by atoms with Gasteiger partial charge < -0.3 is 19.5 Å². The van der Waals surface area contributed by atoms with E-state index in [4.69, 9.17) is 14.2 Å². The first kappa shape index (κ1) is 16.1. The van der Waals surface area contributed by atoms with Crippen LogP contribution in [0.5, 0.6) is 11.5 Å². The van der Waals surface area contributed by atoms with Crippen molar-refractivity contribution in [3.05, 3.63) is 53.1 Å². The predicted octanol–water partition coefficient (Wildman–Crippen LogP) is 2.86. The number of carbonyl (C=O) groups is 3. The van der Waals surface area contributed by atoms with E-state index in [0.717, 1.165) is 0 Å². The van der Waals surface area contributed by atoms with E-state index < -0.39 is 12.1 Å². The smallest absolute Gasteiger partial charge is 0.339 e. The Labute approximate surface area is 148 Å². The van der Waals surface area contributed by atoms with Crippen LogP contribution in [-0.4, -0.2) is 24.5 Å². The number of hydrogen-bond acceptors (Lipinski definition) is 6. The Hall–Kier alpha value is -3.35. The maximum absolute atomic E-state index is 12.5. The van der Waals surface area contributed by atoms with Crippen molar-refractivity contribution in [3.63, 3.8) is 0 Å². The second-order valence-corrected chi connectivity index (χ2v) is 6.04. The number of nitrogens with one attached hydrogen (secondary N) is 1. The Morgan fingerprint density at radius 2 is 1.88 bits per heavy atom. The number of carbonyl (C=O) groups excluding carboxylic acids is 3. The minimum absolute atomic E-state index is 0.0471. The molecule has 2 aromatic rings. The minimum Gasteiger partial charge on any atom is -0.454 e. The monoisotopic (exact) mass is 353 g/mol. The molecule has 2 aliphatic heterocycles. The third-order valence-electron chi connectivity index (χ3n) is 4.31. The summed E-state index contributed by atoms with van der Waals surface area (Å²) in [6, 6.07) is 10.1. The first-order valence-corrected chi connectivity index (χ1v) is 8.07. The highest BCUT2D eigenvalue weighted by Gasteiger charge is 2.32. The molecule has 0 aliphatic carbocycles. The molecule has 7 nitrogen and oxygen atoms in total. The van der Waals surface area contributed by atoms with Gasteiger partial charge in [-0.1, -0.05) is 18.2 Å². The molecule has 26 heavy (non-hydrogen) atoms. The van der Waals surface area contributed by atoms with Crippen LogP contribution in [0.15, 0.2) is 36.4 Å².